The number of aryl methyl sites for hydroxylation is 2. The van der Waals surface area contributed by atoms with Gasteiger partial charge in [0.1, 0.15) is 10.6 Å². The van der Waals surface area contributed by atoms with Crippen LogP contribution in [0.15, 0.2) is 36.5 Å². The Morgan fingerprint density at radius 2 is 2.07 bits per heavy atom. The van der Waals surface area contributed by atoms with E-state index in [0.29, 0.717) is 22.3 Å². The molecule has 0 fully saturated rings. The van der Waals surface area contributed by atoms with E-state index in [1.807, 2.05) is 44.2 Å². The van der Waals surface area contributed by atoms with Gasteiger partial charge < -0.3 is 10.1 Å². The van der Waals surface area contributed by atoms with Crippen LogP contribution in [0.5, 0.6) is 0 Å². The minimum Gasteiger partial charge on any atom is -0.462 e. The lowest BCUT2D eigenvalue weighted by atomic mass is 10.1. The lowest BCUT2D eigenvalue weighted by Crippen LogP contribution is -2.10. The van der Waals surface area contributed by atoms with Crippen molar-refractivity contribution < 1.29 is 9.53 Å². The molecule has 9 heteroatoms. The molecule has 0 bridgehead atoms. The van der Waals surface area contributed by atoms with E-state index in [-0.39, 0.29) is 6.61 Å². The Labute approximate surface area is 165 Å². The first-order valence-corrected chi connectivity index (χ1v) is 9.57. The van der Waals surface area contributed by atoms with Crippen molar-refractivity contribution in [3.63, 3.8) is 0 Å². The molecule has 0 aliphatic rings. The maximum absolute atomic E-state index is 12.4. The topological polar surface area (TPSA) is 94.8 Å². The number of esters is 1. The number of fused-ring (bicyclic) bond motifs is 1. The van der Waals surface area contributed by atoms with Crippen LogP contribution in [0.4, 0.5) is 10.9 Å². The summed E-state index contributed by atoms with van der Waals surface area (Å²) < 4.78 is 6.76. The van der Waals surface area contributed by atoms with Crippen LogP contribution in [0, 0.1) is 13.8 Å². The molecule has 1 N–H and O–H groups in total. The van der Waals surface area contributed by atoms with E-state index < -0.39 is 5.97 Å². The number of nitrogens with one attached hydrogen (secondary N) is 1. The predicted molar refractivity (Wildman–Crippen MR) is 107 cm³/mol. The highest BCUT2D eigenvalue weighted by Crippen LogP contribution is 2.28. The second-order valence-electron chi connectivity index (χ2n) is 6.10. The standard InChI is InChI=1S/C19H18N6O2S/c1-4-27-18(26)14-10-20-25(17(14)22-19-24-23-12(3)28-19)16-9-11(2)13-7-5-6-8-15(13)21-16/h5-10H,4H2,1-3H3,(H,22,24). The largest absolute Gasteiger partial charge is 0.462 e. The summed E-state index contributed by atoms with van der Waals surface area (Å²) in [5, 5.41) is 18.1. The minimum atomic E-state index is -0.463. The fourth-order valence-electron chi connectivity index (χ4n) is 2.89. The van der Waals surface area contributed by atoms with Gasteiger partial charge in [-0.2, -0.15) is 9.78 Å². The normalized spacial score (nSPS) is 11.0. The van der Waals surface area contributed by atoms with E-state index in [2.05, 4.69) is 20.6 Å². The van der Waals surface area contributed by atoms with Crippen molar-refractivity contribution in [3.05, 3.63) is 52.7 Å². The van der Waals surface area contributed by atoms with Gasteiger partial charge in [0.25, 0.3) is 0 Å². The van der Waals surface area contributed by atoms with Crippen LogP contribution < -0.4 is 5.32 Å². The van der Waals surface area contributed by atoms with Crippen molar-refractivity contribution >= 4 is 39.2 Å². The molecule has 0 saturated carbocycles. The number of carbonyl (C=O) groups is 1. The van der Waals surface area contributed by atoms with Gasteiger partial charge in [-0.1, -0.05) is 29.5 Å². The second kappa shape index (κ2) is 7.35. The fourth-order valence-corrected chi connectivity index (χ4v) is 3.48. The van der Waals surface area contributed by atoms with Gasteiger partial charge in [-0.3, -0.25) is 0 Å². The van der Waals surface area contributed by atoms with E-state index in [1.165, 1.54) is 17.5 Å². The number of benzene rings is 1. The average molecular weight is 394 g/mol. The number of carbonyl (C=O) groups excluding carboxylic acids is 1. The number of aromatic nitrogens is 5. The van der Waals surface area contributed by atoms with E-state index >= 15 is 0 Å². The van der Waals surface area contributed by atoms with Crippen molar-refractivity contribution in [2.45, 2.75) is 20.8 Å². The van der Waals surface area contributed by atoms with Gasteiger partial charge >= 0.3 is 5.97 Å². The SMILES string of the molecule is CCOC(=O)c1cnn(-c2cc(C)c3ccccc3n2)c1Nc1nnc(C)s1. The van der Waals surface area contributed by atoms with Crippen LogP contribution in [0.3, 0.4) is 0 Å². The zero-order chi connectivity index (χ0) is 19.7. The Balaban J connectivity index is 1.85. The summed E-state index contributed by atoms with van der Waals surface area (Å²) >= 11 is 1.38. The number of ether oxygens (including phenoxy) is 1. The van der Waals surface area contributed by atoms with Crippen molar-refractivity contribution in [3.8, 4) is 5.82 Å². The number of pyridine rings is 1. The monoisotopic (exact) mass is 394 g/mol. The summed E-state index contributed by atoms with van der Waals surface area (Å²) in [7, 11) is 0. The third-order valence-corrected chi connectivity index (χ3v) is 4.90. The Kier molecular flexibility index (Phi) is 4.74. The number of rotatable bonds is 5. The van der Waals surface area contributed by atoms with E-state index in [9.17, 15) is 4.79 Å². The first-order valence-electron chi connectivity index (χ1n) is 8.76. The lowest BCUT2D eigenvalue weighted by molar-refractivity contribution is 0.0527. The molecule has 8 nitrogen and oxygen atoms in total. The van der Waals surface area contributed by atoms with Gasteiger partial charge in [0.05, 0.1) is 18.3 Å². The molecule has 0 spiro atoms. The molecule has 0 unspecified atom stereocenters. The summed E-state index contributed by atoms with van der Waals surface area (Å²) in [5.74, 6) is 0.572. The zero-order valence-corrected chi connectivity index (χ0v) is 16.4. The van der Waals surface area contributed by atoms with Crippen LogP contribution in [0.2, 0.25) is 0 Å². The summed E-state index contributed by atoms with van der Waals surface area (Å²) in [6.45, 7) is 5.91. The molecular weight excluding hydrogens is 376 g/mol. The highest BCUT2D eigenvalue weighted by molar-refractivity contribution is 7.15. The molecule has 142 valence electrons. The predicted octanol–water partition coefficient (Wildman–Crippen LogP) is 3.81. The molecule has 0 amide bonds. The van der Waals surface area contributed by atoms with Crippen molar-refractivity contribution in [2.24, 2.45) is 0 Å². The Hall–Kier alpha value is -3.33. The van der Waals surface area contributed by atoms with E-state index in [0.717, 1.165) is 21.5 Å². The summed E-state index contributed by atoms with van der Waals surface area (Å²) in [4.78, 5) is 17.1. The highest BCUT2D eigenvalue weighted by atomic mass is 32.1. The third-order valence-electron chi connectivity index (χ3n) is 4.14. The number of para-hydroxylation sites is 1. The molecule has 3 heterocycles. The molecule has 0 saturated heterocycles. The first kappa shape index (κ1) is 18.1. The quantitative estimate of drug-likeness (QED) is 0.514. The number of hydrogen-bond donors (Lipinski definition) is 1. The molecule has 4 aromatic rings. The first-order chi connectivity index (χ1) is 13.6. The van der Waals surface area contributed by atoms with Crippen LogP contribution in [-0.4, -0.2) is 37.5 Å². The average Bonchev–Trinajstić information content (AvgIpc) is 3.28. The molecule has 0 aliphatic carbocycles. The van der Waals surface area contributed by atoms with Crippen LogP contribution in [0.25, 0.3) is 16.7 Å². The van der Waals surface area contributed by atoms with Gasteiger partial charge in [-0.25, -0.2) is 9.78 Å². The Bertz CT molecular complexity index is 1170. The molecular formula is C19H18N6O2S. The maximum Gasteiger partial charge on any atom is 0.343 e. The molecule has 0 aliphatic heterocycles. The summed E-state index contributed by atoms with van der Waals surface area (Å²) in [6, 6.07) is 9.82. The second-order valence-corrected chi connectivity index (χ2v) is 7.29. The van der Waals surface area contributed by atoms with Gasteiger partial charge in [0.2, 0.25) is 5.13 Å². The van der Waals surface area contributed by atoms with Gasteiger partial charge in [0.15, 0.2) is 11.6 Å². The lowest BCUT2D eigenvalue weighted by Gasteiger charge is -2.11. The van der Waals surface area contributed by atoms with Crippen LogP contribution in [-0.2, 0) is 4.74 Å². The maximum atomic E-state index is 12.4. The van der Waals surface area contributed by atoms with Crippen molar-refractivity contribution in [1.82, 2.24) is 25.0 Å². The van der Waals surface area contributed by atoms with Crippen LogP contribution >= 0.6 is 11.3 Å². The van der Waals surface area contributed by atoms with Crippen molar-refractivity contribution in [2.75, 3.05) is 11.9 Å². The van der Waals surface area contributed by atoms with E-state index in [4.69, 9.17) is 9.72 Å². The van der Waals surface area contributed by atoms with Gasteiger partial charge in [0, 0.05) is 5.39 Å². The van der Waals surface area contributed by atoms with E-state index in [1.54, 1.807) is 11.6 Å². The van der Waals surface area contributed by atoms with Gasteiger partial charge in [-0.15, -0.1) is 10.2 Å². The molecule has 1 aromatic carbocycles. The van der Waals surface area contributed by atoms with Crippen LogP contribution in [0.1, 0.15) is 27.9 Å². The third kappa shape index (κ3) is 3.31. The Morgan fingerprint density at radius 1 is 1.25 bits per heavy atom. The number of anilines is 2. The summed E-state index contributed by atoms with van der Waals surface area (Å²) in [5.41, 5.74) is 2.22. The Morgan fingerprint density at radius 3 is 2.82 bits per heavy atom. The highest BCUT2D eigenvalue weighted by Gasteiger charge is 2.22. The fraction of sp³-hybridized carbons (Fsp3) is 0.211. The molecule has 28 heavy (non-hydrogen) atoms. The molecule has 4 rings (SSSR count). The number of nitrogens with zero attached hydrogens (tertiary/aromatic N) is 5. The smallest absolute Gasteiger partial charge is 0.343 e. The zero-order valence-electron chi connectivity index (χ0n) is 15.6. The number of hydrogen-bond acceptors (Lipinski definition) is 8. The molecule has 0 radical (unpaired) electrons. The summed E-state index contributed by atoms with van der Waals surface area (Å²) in [6.07, 6.45) is 1.47. The van der Waals surface area contributed by atoms with Gasteiger partial charge in [-0.05, 0) is 38.5 Å². The van der Waals surface area contributed by atoms with Crippen molar-refractivity contribution in [1.29, 1.82) is 0 Å². The molecule has 0 atom stereocenters. The minimum absolute atomic E-state index is 0.273. The molecule has 3 aromatic heterocycles.